The largest absolute Gasteiger partial charge is 0.493 e. The quantitative estimate of drug-likeness (QED) is 0.222. The van der Waals surface area contributed by atoms with Crippen molar-refractivity contribution >= 4 is 33.5 Å². The Labute approximate surface area is 171 Å². The molecule has 0 spiro atoms. The number of benzene rings is 3. The molecule has 138 valence electrons. The van der Waals surface area contributed by atoms with E-state index in [0.717, 1.165) is 11.1 Å². The highest BCUT2D eigenvalue weighted by Gasteiger charge is 2.15. The molecule has 3 aromatic carbocycles. The van der Waals surface area contributed by atoms with Crippen molar-refractivity contribution in [1.82, 2.24) is 0 Å². The second-order valence-corrected chi connectivity index (χ2v) is 6.67. The van der Waals surface area contributed by atoms with E-state index in [2.05, 4.69) is 22.0 Å². The van der Waals surface area contributed by atoms with E-state index in [4.69, 9.17) is 9.47 Å². The maximum atomic E-state index is 12.4. The van der Waals surface area contributed by atoms with Crippen molar-refractivity contribution < 1.29 is 14.3 Å². The number of methoxy groups -OCH3 is 1. The number of carbonyl (C=O) groups is 1. The van der Waals surface area contributed by atoms with Gasteiger partial charge in [-0.15, -0.1) is 0 Å². The fraction of sp³-hybridized carbons (Fsp3) is 0.0435. The summed E-state index contributed by atoms with van der Waals surface area (Å²) in [7, 11) is 1.50. The summed E-state index contributed by atoms with van der Waals surface area (Å²) in [5.41, 5.74) is 2.54. The van der Waals surface area contributed by atoms with Crippen molar-refractivity contribution in [2.45, 2.75) is 0 Å². The molecule has 0 aliphatic heterocycles. The number of rotatable bonds is 5. The van der Waals surface area contributed by atoms with Gasteiger partial charge in [0.05, 0.1) is 24.3 Å². The van der Waals surface area contributed by atoms with Gasteiger partial charge in [0.1, 0.15) is 0 Å². The van der Waals surface area contributed by atoms with Gasteiger partial charge in [0.2, 0.25) is 0 Å². The lowest BCUT2D eigenvalue weighted by atomic mass is 10.0. The van der Waals surface area contributed by atoms with Crippen LogP contribution < -0.4 is 9.47 Å². The molecular weight excluding hydrogens is 418 g/mol. The Morgan fingerprint density at radius 2 is 1.71 bits per heavy atom. The predicted molar refractivity (Wildman–Crippen MR) is 112 cm³/mol. The van der Waals surface area contributed by atoms with E-state index in [1.54, 1.807) is 42.5 Å². The van der Waals surface area contributed by atoms with Gasteiger partial charge in [0, 0.05) is 4.47 Å². The van der Waals surface area contributed by atoms with Crippen LogP contribution in [0.3, 0.4) is 0 Å². The van der Waals surface area contributed by atoms with Crippen molar-refractivity contribution in [1.29, 1.82) is 5.26 Å². The van der Waals surface area contributed by atoms with Gasteiger partial charge >= 0.3 is 5.97 Å². The Balaban J connectivity index is 1.89. The molecule has 0 aliphatic rings. The van der Waals surface area contributed by atoms with E-state index in [-0.39, 0.29) is 0 Å². The Morgan fingerprint density at radius 3 is 2.39 bits per heavy atom. The van der Waals surface area contributed by atoms with Crippen LogP contribution in [0.25, 0.3) is 11.6 Å². The number of carbonyl (C=O) groups excluding carboxylic acids is 1. The van der Waals surface area contributed by atoms with E-state index in [0.29, 0.717) is 27.1 Å². The summed E-state index contributed by atoms with van der Waals surface area (Å²) in [6, 6.07) is 23.8. The van der Waals surface area contributed by atoms with E-state index >= 15 is 0 Å². The third-order valence-electron chi connectivity index (χ3n) is 4.00. The number of nitrogens with zero attached hydrogens (tertiary/aromatic N) is 1. The normalized spacial score (nSPS) is 10.8. The van der Waals surface area contributed by atoms with Crippen LogP contribution in [0.15, 0.2) is 77.3 Å². The molecule has 5 heteroatoms. The molecule has 0 N–H and O–H groups in total. The highest BCUT2D eigenvalue weighted by Crippen LogP contribution is 2.31. The van der Waals surface area contributed by atoms with Crippen LogP contribution in [0.5, 0.6) is 11.5 Å². The SMILES string of the molecule is COc1cc(/C=C(/C#N)c2ccccc2)ccc1OC(=O)c1ccccc1Br. The second-order valence-electron chi connectivity index (χ2n) is 5.82. The third kappa shape index (κ3) is 4.48. The minimum absolute atomic E-state index is 0.304. The molecule has 4 nitrogen and oxygen atoms in total. The number of hydrogen-bond donors (Lipinski definition) is 0. The predicted octanol–water partition coefficient (Wildman–Crippen LogP) is 5.74. The average molecular weight is 434 g/mol. The van der Waals surface area contributed by atoms with Gasteiger partial charge < -0.3 is 9.47 Å². The lowest BCUT2D eigenvalue weighted by molar-refractivity contribution is 0.0729. The fourth-order valence-corrected chi connectivity index (χ4v) is 3.05. The van der Waals surface area contributed by atoms with E-state index in [1.807, 2.05) is 36.4 Å². The number of ether oxygens (including phenoxy) is 2. The Bertz CT molecular complexity index is 1070. The average Bonchev–Trinajstić information content (AvgIpc) is 2.73. The maximum Gasteiger partial charge on any atom is 0.344 e. The van der Waals surface area contributed by atoms with Crippen molar-refractivity contribution in [3.63, 3.8) is 0 Å². The van der Waals surface area contributed by atoms with Crippen LogP contribution in [-0.2, 0) is 0 Å². The highest BCUT2D eigenvalue weighted by atomic mass is 79.9. The molecule has 0 saturated carbocycles. The molecule has 0 heterocycles. The summed E-state index contributed by atoms with van der Waals surface area (Å²) in [5, 5.41) is 9.47. The molecule has 0 fully saturated rings. The molecule has 0 bridgehead atoms. The first-order chi connectivity index (χ1) is 13.6. The maximum absolute atomic E-state index is 12.4. The molecule has 0 unspecified atom stereocenters. The molecule has 3 rings (SSSR count). The van der Waals surface area contributed by atoms with Crippen LogP contribution >= 0.6 is 15.9 Å². The van der Waals surface area contributed by atoms with Crippen LogP contribution in [0, 0.1) is 11.3 Å². The standard InChI is InChI=1S/C23H16BrNO3/c1-27-22-14-16(13-18(15-25)17-7-3-2-4-8-17)11-12-21(22)28-23(26)19-9-5-6-10-20(19)24/h2-14H,1H3/b18-13-. The number of halogens is 1. The van der Waals surface area contributed by atoms with Crippen LogP contribution in [0.1, 0.15) is 21.5 Å². The zero-order valence-electron chi connectivity index (χ0n) is 15.1. The van der Waals surface area contributed by atoms with Gasteiger partial charge in [-0.05, 0) is 57.4 Å². The van der Waals surface area contributed by atoms with Gasteiger partial charge in [-0.2, -0.15) is 5.26 Å². The van der Waals surface area contributed by atoms with Gasteiger partial charge in [-0.1, -0.05) is 48.5 Å². The molecule has 0 atom stereocenters. The van der Waals surface area contributed by atoms with Gasteiger partial charge in [-0.25, -0.2) is 4.79 Å². The molecule has 0 aliphatic carbocycles. The zero-order chi connectivity index (χ0) is 19.9. The summed E-state index contributed by atoms with van der Waals surface area (Å²) in [6.07, 6.45) is 1.76. The van der Waals surface area contributed by atoms with Crippen molar-refractivity contribution in [2.24, 2.45) is 0 Å². The number of nitriles is 1. The van der Waals surface area contributed by atoms with E-state index in [1.165, 1.54) is 7.11 Å². The van der Waals surface area contributed by atoms with Crippen LogP contribution in [-0.4, -0.2) is 13.1 Å². The summed E-state index contributed by atoms with van der Waals surface area (Å²) >= 11 is 3.34. The number of esters is 1. The summed E-state index contributed by atoms with van der Waals surface area (Å²) in [4.78, 5) is 12.4. The minimum atomic E-state index is -0.490. The number of allylic oxidation sites excluding steroid dienone is 1. The lowest BCUT2D eigenvalue weighted by Gasteiger charge is -2.11. The van der Waals surface area contributed by atoms with Crippen molar-refractivity contribution in [2.75, 3.05) is 7.11 Å². The Kier molecular flexibility index (Phi) is 6.25. The summed E-state index contributed by atoms with van der Waals surface area (Å²) in [6.45, 7) is 0. The first-order valence-corrected chi connectivity index (χ1v) is 9.23. The van der Waals surface area contributed by atoms with Crippen LogP contribution in [0.2, 0.25) is 0 Å². The molecule has 28 heavy (non-hydrogen) atoms. The third-order valence-corrected chi connectivity index (χ3v) is 4.69. The fourth-order valence-electron chi connectivity index (χ4n) is 2.60. The summed E-state index contributed by atoms with van der Waals surface area (Å²) in [5.74, 6) is 0.217. The Hall–Kier alpha value is -3.36. The van der Waals surface area contributed by atoms with Gasteiger partial charge in [0.15, 0.2) is 11.5 Å². The van der Waals surface area contributed by atoms with Crippen molar-refractivity contribution in [3.8, 4) is 17.6 Å². The topological polar surface area (TPSA) is 59.3 Å². The first-order valence-electron chi connectivity index (χ1n) is 8.44. The molecule has 0 radical (unpaired) electrons. The van der Waals surface area contributed by atoms with Gasteiger partial charge in [-0.3, -0.25) is 0 Å². The van der Waals surface area contributed by atoms with E-state index < -0.39 is 5.97 Å². The van der Waals surface area contributed by atoms with Gasteiger partial charge in [0.25, 0.3) is 0 Å². The molecule has 0 saturated heterocycles. The smallest absolute Gasteiger partial charge is 0.344 e. The molecule has 0 aromatic heterocycles. The minimum Gasteiger partial charge on any atom is -0.493 e. The lowest BCUT2D eigenvalue weighted by Crippen LogP contribution is -2.10. The van der Waals surface area contributed by atoms with E-state index in [9.17, 15) is 10.1 Å². The monoisotopic (exact) mass is 433 g/mol. The molecule has 3 aromatic rings. The number of hydrogen-bond acceptors (Lipinski definition) is 4. The summed E-state index contributed by atoms with van der Waals surface area (Å²) < 4.78 is 11.5. The van der Waals surface area contributed by atoms with Crippen LogP contribution in [0.4, 0.5) is 0 Å². The first kappa shape index (κ1) is 19.4. The highest BCUT2D eigenvalue weighted by molar-refractivity contribution is 9.10. The molecular formula is C23H16BrNO3. The second kappa shape index (κ2) is 9.03. The Morgan fingerprint density at radius 1 is 1.00 bits per heavy atom. The zero-order valence-corrected chi connectivity index (χ0v) is 16.6. The molecule has 0 amide bonds. The van der Waals surface area contributed by atoms with Crippen molar-refractivity contribution in [3.05, 3.63) is 94.0 Å².